The third kappa shape index (κ3) is 5.30. The van der Waals surface area contributed by atoms with Crippen LogP contribution in [0.5, 0.6) is 0 Å². The molecule has 1 N–H and O–H groups in total. The van der Waals surface area contributed by atoms with Crippen molar-refractivity contribution in [3.8, 4) is 0 Å². The molecule has 0 atom stereocenters. The Bertz CT molecular complexity index is 952. The maximum Gasteiger partial charge on any atom is 0.341 e. The molecule has 2 heterocycles. The highest BCUT2D eigenvalue weighted by atomic mass is 32.1. The highest BCUT2D eigenvalue weighted by Crippen LogP contribution is 2.38. The number of nitrogens with zero attached hydrogens (tertiary/aromatic N) is 2. The number of hydrogen-bond acceptors (Lipinski definition) is 6. The molecule has 172 valence electrons. The summed E-state index contributed by atoms with van der Waals surface area (Å²) in [6, 6.07) is 6.52. The summed E-state index contributed by atoms with van der Waals surface area (Å²) in [4.78, 5) is 31.0. The first kappa shape index (κ1) is 22.7. The van der Waals surface area contributed by atoms with Crippen LogP contribution in [0.25, 0.3) is 0 Å². The summed E-state index contributed by atoms with van der Waals surface area (Å²) in [6.45, 7) is 5.44. The van der Waals surface area contributed by atoms with Gasteiger partial charge in [0.05, 0.1) is 18.7 Å². The van der Waals surface area contributed by atoms with E-state index < -0.39 is 0 Å². The number of ether oxygens (including phenoxy) is 1. The van der Waals surface area contributed by atoms with Crippen molar-refractivity contribution >= 4 is 33.9 Å². The Morgan fingerprint density at radius 3 is 2.50 bits per heavy atom. The number of thiophene rings is 1. The molecule has 6 nitrogen and oxygen atoms in total. The van der Waals surface area contributed by atoms with Crippen LogP contribution in [-0.2, 0) is 22.4 Å². The van der Waals surface area contributed by atoms with Gasteiger partial charge in [-0.3, -0.25) is 9.69 Å². The molecule has 1 amide bonds. The van der Waals surface area contributed by atoms with Crippen molar-refractivity contribution in [1.82, 2.24) is 4.90 Å². The predicted octanol–water partition coefficient (Wildman–Crippen LogP) is 4.09. The number of halogens is 1. The van der Waals surface area contributed by atoms with Crippen LogP contribution in [0.1, 0.15) is 47.0 Å². The van der Waals surface area contributed by atoms with Crippen molar-refractivity contribution in [1.29, 1.82) is 0 Å². The summed E-state index contributed by atoms with van der Waals surface area (Å²) in [5, 5.41) is 3.64. The van der Waals surface area contributed by atoms with Crippen LogP contribution in [0.2, 0.25) is 0 Å². The largest absolute Gasteiger partial charge is 0.462 e. The summed E-state index contributed by atoms with van der Waals surface area (Å²) in [7, 11) is 0. The zero-order valence-corrected chi connectivity index (χ0v) is 19.3. The Labute approximate surface area is 192 Å². The second-order valence-electron chi connectivity index (χ2n) is 8.28. The molecule has 2 aromatic rings. The second kappa shape index (κ2) is 10.4. The van der Waals surface area contributed by atoms with Crippen LogP contribution in [-0.4, -0.2) is 56.1 Å². The van der Waals surface area contributed by atoms with Gasteiger partial charge >= 0.3 is 5.97 Å². The minimum Gasteiger partial charge on any atom is -0.462 e. The van der Waals surface area contributed by atoms with Crippen molar-refractivity contribution in [2.45, 2.75) is 39.0 Å². The average molecular weight is 460 g/mol. The quantitative estimate of drug-likeness (QED) is 0.521. The van der Waals surface area contributed by atoms with E-state index in [0.29, 0.717) is 17.2 Å². The van der Waals surface area contributed by atoms with E-state index in [1.807, 2.05) is 0 Å². The molecule has 8 heteroatoms. The number of rotatable bonds is 6. The molecule has 0 spiro atoms. The van der Waals surface area contributed by atoms with Gasteiger partial charge in [-0.1, -0.05) is 6.42 Å². The number of fused-ring (bicyclic) bond motifs is 1. The molecule has 0 saturated carbocycles. The van der Waals surface area contributed by atoms with Gasteiger partial charge in [0, 0.05) is 36.7 Å². The van der Waals surface area contributed by atoms with Gasteiger partial charge in [-0.25, -0.2) is 9.18 Å². The van der Waals surface area contributed by atoms with Crippen LogP contribution in [0.3, 0.4) is 0 Å². The second-order valence-corrected chi connectivity index (χ2v) is 9.38. The normalized spacial score (nSPS) is 16.9. The number of amides is 1. The summed E-state index contributed by atoms with van der Waals surface area (Å²) < 4.78 is 18.5. The van der Waals surface area contributed by atoms with Crippen LogP contribution in [0, 0.1) is 5.82 Å². The topological polar surface area (TPSA) is 61.9 Å². The molecular weight excluding hydrogens is 429 g/mol. The molecule has 2 aliphatic rings. The lowest BCUT2D eigenvalue weighted by atomic mass is 10.1. The predicted molar refractivity (Wildman–Crippen MR) is 125 cm³/mol. The molecule has 1 aliphatic heterocycles. The first-order valence-corrected chi connectivity index (χ1v) is 12.2. The molecule has 0 unspecified atom stereocenters. The van der Waals surface area contributed by atoms with E-state index in [0.717, 1.165) is 69.5 Å². The zero-order valence-electron chi connectivity index (χ0n) is 18.5. The summed E-state index contributed by atoms with van der Waals surface area (Å²) in [5.74, 6) is -0.686. The van der Waals surface area contributed by atoms with Gasteiger partial charge < -0.3 is 15.0 Å². The molecule has 4 rings (SSSR count). The highest BCUT2D eigenvalue weighted by molar-refractivity contribution is 7.17. The Morgan fingerprint density at radius 2 is 1.78 bits per heavy atom. The van der Waals surface area contributed by atoms with Crippen molar-refractivity contribution < 1.29 is 18.7 Å². The number of aryl methyl sites for hydroxylation is 1. The average Bonchev–Trinajstić information content (AvgIpc) is 2.95. The molecule has 0 bridgehead atoms. The van der Waals surface area contributed by atoms with E-state index in [1.54, 1.807) is 19.1 Å². The Kier molecular flexibility index (Phi) is 7.42. The molecule has 1 aromatic heterocycles. The van der Waals surface area contributed by atoms with Gasteiger partial charge in [0.2, 0.25) is 5.91 Å². The number of hydrogen-bond donors (Lipinski definition) is 1. The van der Waals surface area contributed by atoms with Crippen LogP contribution in [0.15, 0.2) is 24.3 Å². The van der Waals surface area contributed by atoms with E-state index in [4.69, 9.17) is 4.74 Å². The van der Waals surface area contributed by atoms with Gasteiger partial charge in [0.15, 0.2) is 0 Å². The number of anilines is 2. The maximum absolute atomic E-state index is 13.2. The fraction of sp³-hybridized carbons (Fsp3) is 0.500. The molecule has 0 radical (unpaired) electrons. The Morgan fingerprint density at radius 1 is 1.06 bits per heavy atom. The van der Waals surface area contributed by atoms with Crippen LogP contribution < -0.4 is 10.2 Å². The van der Waals surface area contributed by atoms with Crippen molar-refractivity contribution in [3.63, 3.8) is 0 Å². The SMILES string of the molecule is CCOC(=O)c1c(NC(=O)CN2CCN(c3ccc(F)cc3)CC2)sc2c1CCCCC2. The van der Waals surface area contributed by atoms with Crippen molar-refractivity contribution in [2.75, 3.05) is 49.5 Å². The molecular formula is C24H30FN3O3S. The fourth-order valence-electron chi connectivity index (χ4n) is 4.44. The van der Waals surface area contributed by atoms with Crippen LogP contribution in [0.4, 0.5) is 15.1 Å². The van der Waals surface area contributed by atoms with E-state index in [-0.39, 0.29) is 24.2 Å². The molecule has 1 fully saturated rings. The minimum absolute atomic E-state index is 0.109. The molecule has 1 aliphatic carbocycles. The lowest BCUT2D eigenvalue weighted by Crippen LogP contribution is -2.48. The van der Waals surface area contributed by atoms with Crippen LogP contribution >= 0.6 is 11.3 Å². The van der Waals surface area contributed by atoms with Crippen molar-refractivity contribution in [3.05, 3.63) is 46.1 Å². The Hall–Kier alpha value is -2.45. The smallest absolute Gasteiger partial charge is 0.341 e. The highest BCUT2D eigenvalue weighted by Gasteiger charge is 2.27. The minimum atomic E-state index is -0.338. The van der Waals surface area contributed by atoms with E-state index in [1.165, 1.54) is 28.3 Å². The van der Waals surface area contributed by atoms with Crippen molar-refractivity contribution in [2.24, 2.45) is 0 Å². The molecule has 1 aromatic carbocycles. The third-order valence-corrected chi connectivity index (χ3v) is 7.29. The number of esters is 1. The summed E-state index contributed by atoms with van der Waals surface area (Å²) >= 11 is 1.53. The first-order chi connectivity index (χ1) is 15.5. The standard InChI is InChI=1S/C24H30FN3O3S/c1-2-31-24(30)22-19-6-4-3-5-7-20(19)32-23(22)26-21(29)16-27-12-14-28(15-13-27)18-10-8-17(25)9-11-18/h8-11H,2-7,12-16H2,1H3,(H,26,29). The zero-order chi connectivity index (χ0) is 22.5. The number of carbonyl (C=O) groups is 2. The fourth-order valence-corrected chi connectivity index (χ4v) is 5.73. The van der Waals surface area contributed by atoms with E-state index in [2.05, 4.69) is 15.1 Å². The number of piperazine rings is 1. The lowest BCUT2D eigenvalue weighted by Gasteiger charge is -2.35. The summed E-state index contributed by atoms with van der Waals surface area (Å²) in [5.41, 5.74) is 2.62. The van der Waals surface area contributed by atoms with Gasteiger partial charge in [-0.2, -0.15) is 0 Å². The monoisotopic (exact) mass is 459 g/mol. The van der Waals surface area contributed by atoms with Gasteiger partial charge in [0.1, 0.15) is 10.8 Å². The van der Waals surface area contributed by atoms with Gasteiger partial charge in [-0.05, 0) is 62.4 Å². The van der Waals surface area contributed by atoms with E-state index in [9.17, 15) is 14.0 Å². The molecule has 1 saturated heterocycles. The third-order valence-electron chi connectivity index (χ3n) is 6.09. The van der Waals surface area contributed by atoms with Gasteiger partial charge in [-0.15, -0.1) is 11.3 Å². The number of carbonyl (C=O) groups excluding carboxylic acids is 2. The molecule has 32 heavy (non-hydrogen) atoms. The Balaban J connectivity index is 1.38. The number of benzene rings is 1. The maximum atomic E-state index is 13.2. The first-order valence-electron chi connectivity index (χ1n) is 11.4. The number of nitrogens with one attached hydrogen (secondary N) is 1. The van der Waals surface area contributed by atoms with E-state index >= 15 is 0 Å². The lowest BCUT2D eigenvalue weighted by molar-refractivity contribution is -0.117. The summed E-state index contributed by atoms with van der Waals surface area (Å²) in [6.07, 6.45) is 5.15. The van der Waals surface area contributed by atoms with Gasteiger partial charge in [0.25, 0.3) is 0 Å².